The zero-order chi connectivity index (χ0) is 13.9. The Labute approximate surface area is 112 Å². The van der Waals surface area contributed by atoms with Crippen molar-refractivity contribution in [2.75, 3.05) is 0 Å². The molecule has 0 bridgehead atoms. The fourth-order valence-corrected chi connectivity index (χ4v) is 2.30. The molecule has 2 N–H and O–H groups in total. The van der Waals surface area contributed by atoms with E-state index in [-0.39, 0.29) is 0 Å². The predicted octanol–water partition coefficient (Wildman–Crippen LogP) is 2.76. The zero-order valence-electron chi connectivity index (χ0n) is 10.7. The molecule has 19 heavy (non-hydrogen) atoms. The number of benzene rings is 2. The van der Waals surface area contributed by atoms with Crippen molar-refractivity contribution in [3.8, 4) is 0 Å². The molecule has 2 unspecified atom stereocenters. The van der Waals surface area contributed by atoms with Crippen LogP contribution in [0, 0.1) is 0 Å². The molecule has 0 aliphatic carbocycles. The normalized spacial score (nSPS) is 15.5. The maximum Gasteiger partial charge on any atom is 0.314 e. The van der Waals surface area contributed by atoms with Gasteiger partial charge in [-0.25, -0.2) is 0 Å². The van der Waals surface area contributed by atoms with Crippen molar-refractivity contribution in [3.63, 3.8) is 0 Å². The summed E-state index contributed by atoms with van der Waals surface area (Å²) in [6, 6.07) is 17.7. The quantitative estimate of drug-likeness (QED) is 0.884. The van der Waals surface area contributed by atoms with Gasteiger partial charge in [-0.2, -0.15) is 0 Å². The van der Waals surface area contributed by atoms with Gasteiger partial charge < -0.3 is 10.2 Å². The minimum atomic E-state index is -1.46. The third-order valence-electron chi connectivity index (χ3n) is 3.30. The van der Waals surface area contributed by atoms with Crippen LogP contribution in [0.3, 0.4) is 0 Å². The van der Waals surface area contributed by atoms with Crippen molar-refractivity contribution >= 4 is 5.97 Å². The van der Waals surface area contributed by atoms with Crippen LogP contribution < -0.4 is 0 Å². The van der Waals surface area contributed by atoms with Crippen LogP contribution in [-0.4, -0.2) is 16.2 Å². The predicted molar refractivity (Wildman–Crippen MR) is 72.8 cm³/mol. The lowest BCUT2D eigenvalue weighted by Crippen LogP contribution is -2.35. The Balaban J connectivity index is 2.48. The van der Waals surface area contributed by atoms with Gasteiger partial charge in [-0.15, -0.1) is 0 Å². The lowest BCUT2D eigenvalue weighted by atomic mass is 9.78. The topological polar surface area (TPSA) is 57.5 Å². The van der Waals surface area contributed by atoms with Crippen LogP contribution >= 0.6 is 0 Å². The Kier molecular flexibility index (Phi) is 3.67. The number of aliphatic hydroxyl groups is 1. The Morgan fingerprint density at radius 1 is 1.00 bits per heavy atom. The highest BCUT2D eigenvalue weighted by atomic mass is 16.4. The van der Waals surface area contributed by atoms with Gasteiger partial charge in [0.2, 0.25) is 0 Å². The van der Waals surface area contributed by atoms with E-state index in [2.05, 4.69) is 0 Å². The molecule has 0 heterocycles. The van der Waals surface area contributed by atoms with Gasteiger partial charge in [-0.1, -0.05) is 60.7 Å². The average molecular weight is 256 g/mol. The highest BCUT2D eigenvalue weighted by molar-refractivity contribution is 5.78. The molecule has 2 atom stereocenters. The molecule has 98 valence electrons. The summed E-state index contributed by atoms with van der Waals surface area (Å²) in [5.41, 5.74) is -0.288. The summed E-state index contributed by atoms with van der Waals surface area (Å²) in [5.74, 6) is -2.05. The Hall–Kier alpha value is -2.13. The van der Waals surface area contributed by atoms with Gasteiger partial charge in [0.1, 0.15) is 11.5 Å². The van der Waals surface area contributed by atoms with Crippen LogP contribution in [0.25, 0.3) is 0 Å². The van der Waals surface area contributed by atoms with E-state index >= 15 is 0 Å². The van der Waals surface area contributed by atoms with Crippen molar-refractivity contribution in [2.24, 2.45) is 0 Å². The molecule has 2 aromatic rings. The van der Waals surface area contributed by atoms with E-state index in [1.54, 1.807) is 48.5 Å². The number of hydrogen-bond acceptors (Lipinski definition) is 2. The molecule has 0 fully saturated rings. The van der Waals surface area contributed by atoms with E-state index in [4.69, 9.17) is 0 Å². The third-order valence-corrected chi connectivity index (χ3v) is 3.30. The molecule has 0 spiro atoms. The summed E-state index contributed by atoms with van der Waals surface area (Å²) < 4.78 is 0. The zero-order valence-corrected chi connectivity index (χ0v) is 10.7. The molecule has 0 saturated carbocycles. The first-order valence-electron chi connectivity index (χ1n) is 6.09. The van der Waals surface area contributed by atoms with Crippen molar-refractivity contribution in [1.29, 1.82) is 0 Å². The number of carboxylic acids is 1. The van der Waals surface area contributed by atoms with Crippen molar-refractivity contribution in [2.45, 2.75) is 18.4 Å². The summed E-state index contributed by atoms with van der Waals surface area (Å²) in [7, 11) is 0. The second kappa shape index (κ2) is 5.24. The number of carboxylic acid groups (broad SMARTS) is 1. The number of rotatable bonds is 4. The van der Waals surface area contributed by atoms with Crippen LogP contribution in [-0.2, 0) is 10.4 Å². The molecule has 0 aliphatic rings. The monoisotopic (exact) mass is 256 g/mol. The highest BCUT2D eigenvalue weighted by Gasteiger charge is 2.40. The van der Waals surface area contributed by atoms with Crippen molar-refractivity contribution in [1.82, 2.24) is 0 Å². The maximum atomic E-state index is 11.6. The summed E-state index contributed by atoms with van der Waals surface area (Å²) in [5, 5.41) is 20.2. The molecule has 3 nitrogen and oxygen atoms in total. The standard InChI is InChI=1S/C16H16O3/c1-16(19,13-10-6-3-7-11-13)14(15(17)18)12-8-4-2-5-9-12/h2-11,14,19H,1H3,(H,17,18). The molecular weight excluding hydrogens is 240 g/mol. The second-order valence-corrected chi connectivity index (χ2v) is 4.70. The second-order valence-electron chi connectivity index (χ2n) is 4.70. The molecule has 0 saturated heterocycles. The van der Waals surface area contributed by atoms with E-state index in [9.17, 15) is 15.0 Å². The van der Waals surface area contributed by atoms with Gasteiger partial charge in [0.05, 0.1) is 0 Å². The fraction of sp³-hybridized carbons (Fsp3) is 0.188. The lowest BCUT2D eigenvalue weighted by molar-refractivity contribution is -0.145. The van der Waals surface area contributed by atoms with Crippen molar-refractivity contribution in [3.05, 3.63) is 71.8 Å². The number of carbonyl (C=O) groups is 1. The number of hydrogen-bond donors (Lipinski definition) is 2. The van der Waals surface area contributed by atoms with Crippen LogP contribution in [0.1, 0.15) is 24.0 Å². The summed E-state index contributed by atoms with van der Waals surface area (Å²) in [6.07, 6.45) is 0. The molecule has 3 heteroatoms. The van der Waals surface area contributed by atoms with Crippen molar-refractivity contribution < 1.29 is 15.0 Å². The molecule has 0 amide bonds. The Bertz CT molecular complexity index is 547. The van der Waals surface area contributed by atoms with E-state index in [1.807, 2.05) is 12.1 Å². The van der Waals surface area contributed by atoms with Gasteiger partial charge in [0.25, 0.3) is 0 Å². The summed E-state index contributed by atoms with van der Waals surface area (Å²) in [6.45, 7) is 1.54. The van der Waals surface area contributed by atoms with E-state index < -0.39 is 17.5 Å². The SMILES string of the molecule is CC(O)(c1ccccc1)C(C(=O)O)c1ccccc1. The van der Waals surface area contributed by atoms with Crippen LogP contribution in [0.4, 0.5) is 0 Å². The van der Waals surface area contributed by atoms with Gasteiger partial charge in [0, 0.05) is 0 Å². The van der Waals surface area contributed by atoms with Gasteiger partial charge in [-0.3, -0.25) is 4.79 Å². The summed E-state index contributed by atoms with van der Waals surface area (Å²) >= 11 is 0. The number of aliphatic carboxylic acids is 1. The third kappa shape index (κ3) is 2.66. The van der Waals surface area contributed by atoms with Gasteiger partial charge >= 0.3 is 5.97 Å². The molecular formula is C16H16O3. The largest absolute Gasteiger partial charge is 0.481 e. The first kappa shape index (κ1) is 13.3. The summed E-state index contributed by atoms with van der Waals surface area (Å²) in [4.78, 5) is 11.6. The maximum absolute atomic E-state index is 11.6. The average Bonchev–Trinajstić information content (AvgIpc) is 2.40. The highest BCUT2D eigenvalue weighted by Crippen LogP contribution is 2.36. The van der Waals surface area contributed by atoms with Crippen LogP contribution in [0.15, 0.2) is 60.7 Å². The molecule has 2 aromatic carbocycles. The first-order chi connectivity index (χ1) is 9.03. The van der Waals surface area contributed by atoms with Gasteiger partial charge in [-0.05, 0) is 18.1 Å². The molecule has 2 rings (SSSR count). The Morgan fingerprint density at radius 2 is 1.47 bits per heavy atom. The molecule has 0 radical (unpaired) electrons. The molecule has 0 aliphatic heterocycles. The molecule has 0 aromatic heterocycles. The van der Waals surface area contributed by atoms with E-state index in [0.29, 0.717) is 11.1 Å². The minimum absolute atomic E-state index is 0.587. The smallest absolute Gasteiger partial charge is 0.314 e. The van der Waals surface area contributed by atoms with Crippen LogP contribution in [0.5, 0.6) is 0 Å². The fourth-order valence-electron chi connectivity index (χ4n) is 2.30. The first-order valence-corrected chi connectivity index (χ1v) is 6.09. The van der Waals surface area contributed by atoms with Crippen LogP contribution in [0.2, 0.25) is 0 Å². The van der Waals surface area contributed by atoms with E-state index in [0.717, 1.165) is 0 Å². The lowest BCUT2D eigenvalue weighted by Gasteiger charge is -2.30. The van der Waals surface area contributed by atoms with E-state index in [1.165, 1.54) is 6.92 Å². The Morgan fingerprint density at radius 3 is 1.95 bits per heavy atom. The van der Waals surface area contributed by atoms with Gasteiger partial charge in [0.15, 0.2) is 0 Å². The minimum Gasteiger partial charge on any atom is -0.481 e.